The third kappa shape index (κ3) is 5.67. The molecule has 21 heavy (non-hydrogen) atoms. The van der Waals surface area contributed by atoms with Gasteiger partial charge in [0.05, 0.1) is 13.1 Å². The molecule has 5 heteroatoms. The first-order valence-electron chi connectivity index (χ1n) is 6.81. The second-order valence-corrected chi connectivity index (χ2v) is 4.94. The van der Waals surface area contributed by atoms with Crippen LogP contribution in [0, 0.1) is 18.8 Å². The van der Waals surface area contributed by atoms with Crippen LogP contribution in [0.4, 0.5) is 0 Å². The van der Waals surface area contributed by atoms with Crippen LogP contribution in [0.15, 0.2) is 18.2 Å². The minimum Gasteiger partial charge on any atom is -0.352 e. The molecule has 0 heterocycles. The molecule has 0 saturated carbocycles. The van der Waals surface area contributed by atoms with Crippen molar-refractivity contribution in [2.75, 3.05) is 13.1 Å². The molecule has 2 amide bonds. The van der Waals surface area contributed by atoms with Crippen molar-refractivity contribution in [2.45, 2.75) is 26.8 Å². The number of hydrogen-bond donors (Lipinski definition) is 3. The van der Waals surface area contributed by atoms with E-state index in [1.54, 1.807) is 18.2 Å². The standard InChI is InChI=1S/C16H21N3O2/c1-11(2)19-15(20)10-18-16(21)14-7-6-13(5-4-8-17)12(3)9-14/h6-7,9,11H,8,10,17H2,1-3H3,(H,18,21)(H,19,20). The maximum atomic E-state index is 12.0. The molecule has 0 aliphatic rings. The highest BCUT2D eigenvalue weighted by molar-refractivity contribution is 5.96. The van der Waals surface area contributed by atoms with Crippen LogP contribution < -0.4 is 16.4 Å². The fourth-order valence-electron chi connectivity index (χ4n) is 1.73. The Morgan fingerprint density at radius 1 is 1.33 bits per heavy atom. The van der Waals surface area contributed by atoms with E-state index in [2.05, 4.69) is 22.5 Å². The minimum absolute atomic E-state index is 0.0369. The summed E-state index contributed by atoms with van der Waals surface area (Å²) in [4.78, 5) is 23.4. The maximum Gasteiger partial charge on any atom is 0.251 e. The first kappa shape index (κ1) is 16.7. The normalized spacial score (nSPS) is 9.76. The summed E-state index contributed by atoms with van der Waals surface area (Å²) < 4.78 is 0. The molecule has 0 aromatic heterocycles. The van der Waals surface area contributed by atoms with Crippen LogP contribution in [0.5, 0.6) is 0 Å². The van der Waals surface area contributed by atoms with Gasteiger partial charge in [-0.2, -0.15) is 0 Å². The molecule has 5 nitrogen and oxygen atoms in total. The van der Waals surface area contributed by atoms with Crippen molar-refractivity contribution < 1.29 is 9.59 Å². The molecular weight excluding hydrogens is 266 g/mol. The third-order valence-electron chi connectivity index (χ3n) is 2.67. The monoisotopic (exact) mass is 287 g/mol. The Labute approximate surface area is 125 Å². The van der Waals surface area contributed by atoms with E-state index in [1.165, 1.54) is 0 Å². The van der Waals surface area contributed by atoms with E-state index < -0.39 is 0 Å². The number of hydrogen-bond acceptors (Lipinski definition) is 3. The van der Waals surface area contributed by atoms with Gasteiger partial charge in [0.2, 0.25) is 5.91 Å². The molecule has 0 bridgehead atoms. The summed E-state index contributed by atoms with van der Waals surface area (Å²) in [6.07, 6.45) is 0. The van der Waals surface area contributed by atoms with Gasteiger partial charge < -0.3 is 16.4 Å². The van der Waals surface area contributed by atoms with Gasteiger partial charge in [-0.15, -0.1) is 0 Å². The molecule has 112 valence electrons. The number of carbonyl (C=O) groups excluding carboxylic acids is 2. The lowest BCUT2D eigenvalue weighted by Crippen LogP contribution is -2.39. The van der Waals surface area contributed by atoms with Gasteiger partial charge in [-0.1, -0.05) is 11.8 Å². The van der Waals surface area contributed by atoms with Crippen LogP contribution in [0.25, 0.3) is 0 Å². The lowest BCUT2D eigenvalue weighted by atomic mass is 10.0. The number of carbonyl (C=O) groups is 2. The quantitative estimate of drug-likeness (QED) is 0.707. The average molecular weight is 287 g/mol. The van der Waals surface area contributed by atoms with Gasteiger partial charge in [-0.05, 0) is 44.5 Å². The second-order valence-electron chi connectivity index (χ2n) is 4.94. The largest absolute Gasteiger partial charge is 0.352 e. The number of nitrogens with one attached hydrogen (secondary N) is 2. The van der Waals surface area contributed by atoms with Gasteiger partial charge in [0.25, 0.3) is 5.91 Å². The topological polar surface area (TPSA) is 84.2 Å². The first-order valence-corrected chi connectivity index (χ1v) is 6.81. The second kappa shape index (κ2) is 8.08. The van der Waals surface area contributed by atoms with E-state index in [4.69, 9.17) is 5.73 Å². The Bertz CT molecular complexity index is 583. The molecule has 0 spiro atoms. The maximum absolute atomic E-state index is 12.0. The van der Waals surface area contributed by atoms with Crippen LogP contribution in [0.3, 0.4) is 0 Å². The van der Waals surface area contributed by atoms with E-state index in [0.29, 0.717) is 12.1 Å². The molecule has 0 fully saturated rings. The van der Waals surface area contributed by atoms with E-state index in [-0.39, 0.29) is 24.4 Å². The minimum atomic E-state index is -0.282. The Balaban J connectivity index is 2.67. The van der Waals surface area contributed by atoms with Crippen LogP contribution in [-0.2, 0) is 4.79 Å². The molecule has 0 aliphatic carbocycles. The Kier molecular flexibility index (Phi) is 6.44. The number of benzene rings is 1. The summed E-state index contributed by atoms with van der Waals surface area (Å²) in [6, 6.07) is 5.26. The lowest BCUT2D eigenvalue weighted by Gasteiger charge is -2.09. The molecule has 1 aromatic rings. The molecule has 0 radical (unpaired) electrons. The summed E-state index contributed by atoms with van der Waals surface area (Å²) >= 11 is 0. The third-order valence-corrected chi connectivity index (χ3v) is 2.67. The molecule has 0 saturated heterocycles. The summed E-state index contributed by atoms with van der Waals surface area (Å²) in [6.45, 7) is 5.87. The smallest absolute Gasteiger partial charge is 0.251 e. The molecule has 0 aliphatic heterocycles. The number of rotatable bonds is 4. The van der Waals surface area contributed by atoms with Gasteiger partial charge >= 0.3 is 0 Å². The van der Waals surface area contributed by atoms with Crippen molar-refractivity contribution in [3.05, 3.63) is 34.9 Å². The fourth-order valence-corrected chi connectivity index (χ4v) is 1.73. The van der Waals surface area contributed by atoms with Crippen LogP contribution in [0.1, 0.15) is 35.3 Å². The van der Waals surface area contributed by atoms with Crippen molar-refractivity contribution in [3.8, 4) is 11.8 Å². The Hall–Kier alpha value is -2.32. The van der Waals surface area contributed by atoms with E-state index in [1.807, 2.05) is 20.8 Å². The van der Waals surface area contributed by atoms with E-state index >= 15 is 0 Å². The summed E-state index contributed by atoms with van der Waals surface area (Å²) in [7, 11) is 0. The molecule has 0 atom stereocenters. The van der Waals surface area contributed by atoms with Gasteiger partial charge in [0.15, 0.2) is 0 Å². The molecule has 4 N–H and O–H groups in total. The van der Waals surface area contributed by atoms with Crippen LogP contribution >= 0.6 is 0 Å². The van der Waals surface area contributed by atoms with E-state index in [0.717, 1.165) is 11.1 Å². The zero-order valence-electron chi connectivity index (χ0n) is 12.6. The van der Waals surface area contributed by atoms with Gasteiger partial charge in [0, 0.05) is 17.2 Å². The van der Waals surface area contributed by atoms with Gasteiger partial charge in [0.1, 0.15) is 0 Å². The summed E-state index contributed by atoms with van der Waals surface area (Å²) in [5.41, 5.74) is 7.57. The number of amides is 2. The SMILES string of the molecule is Cc1cc(C(=O)NCC(=O)NC(C)C)ccc1C#CCN. The van der Waals surface area contributed by atoms with Crippen molar-refractivity contribution >= 4 is 11.8 Å². The van der Waals surface area contributed by atoms with Crippen LogP contribution in [-0.4, -0.2) is 30.9 Å². The van der Waals surface area contributed by atoms with Gasteiger partial charge in [-0.25, -0.2) is 0 Å². The molecule has 1 rings (SSSR count). The highest BCUT2D eigenvalue weighted by Gasteiger charge is 2.09. The molecule has 1 aromatic carbocycles. The highest BCUT2D eigenvalue weighted by Crippen LogP contribution is 2.10. The predicted molar refractivity (Wildman–Crippen MR) is 82.7 cm³/mol. The average Bonchev–Trinajstić information content (AvgIpc) is 2.42. The van der Waals surface area contributed by atoms with Crippen molar-refractivity contribution in [1.82, 2.24) is 10.6 Å². The first-order chi connectivity index (χ1) is 9.93. The Morgan fingerprint density at radius 2 is 2.05 bits per heavy atom. The van der Waals surface area contributed by atoms with Gasteiger partial charge in [-0.3, -0.25) is 9.59 Å². The predicted octanol–water partition coefficient (Wildman–Crippen LogP) is 0.560. The van der Waals surface area contributed by atoms with Crippen molar-refractivity contribution in [2.24, 2.45) is 5.73 Å². The van der Waals surface area contributed by atoms with E-state index in [9.17, 15) is 9.59 Å². The molecule has 0 unspecified atom stereocenters. The Morgan fingerprint density at radius 3 is 2.62 bits per heavy atom. The van der Waals surface area contributed by atoms with Crippen molar-refractivity contribution in [1.29, 1.82) is 0 Å². The zero-order valence-corrected chi connectivity index (χ0v) is 12.6. The zero-order chi connectivity index (χ0) is 15.8. The lowest BCUT2D eigenvalue weighted by molar-refractivity contribution is -0.120. The fraction of sp³-hybridized carbons (Fsp3) is 0.375. The van der Waals surface area contributed by atoms with Crippen molar-refractivity contribution in [3.63, 3.8) is 0 Å². The number of nitrogens with two attached hydrogens (primary N) is 1. The number of aryl methyl sites for hydroxylation is 1. The highest BCUT2D eigenvalue weighted by atomic mass is 16.2. The molecular formula is C16H21N3O2. The summed E-state index contributed by atoms with van der Waals surface area (Å²) in [5, 5.41) is 5.30. The summed E-state index contributed by atoms with van der Waals surface area (Å²) in [5.74, 6) is 5.23. The van der Waals surface area contributed by atoms with Crippen LogP contribution in [0.2, 0.25) is 0 Å².